The van der Waals surface area contributed by atoms with E-state index in [1.165, 1.54) is 11.3 Å². The maximum Gasteiger partial charge on any atom is 0.128 e. The van der Waals surface area contributed by atoms with Gasteiger partial charge in [-0.25, -0.2) is 4.98 Å². The van der Waals surface area contributed by atoms with E-state index in [1.807, 2.05) is 0 Å². The first-order valence-electron chi connectivity index (χ1n) is 5.81. The highest BCUT2D eigenvalue weighted by Gasteiger charge is 2.09. The average Bonchev–Trinajstić information content (AvgIpc) is 2.27. The van der Waals surface area contributed by atoms with Crippen LogP contribution in [0, 0.1) is 0 Å². The maximum absolute atomic E-state index is 4.74. The predicted octanol–water partition coefficient (Wildman–Crippen LogP) is 3.22. The minimum atomic E-state index is 0.505. The second kappa shape index (κ2) is 5.15. The van der Waals surface area contributed by atoms with Gasteiger partial charge in [0.2, 0.25) is 0 Å². The molecule has 15 heavy (non-hydrogen) atoms. The minimum absolute atomic E-state index is 0.505. The van der Waals surface area contributed by atoms with E-state index in [9.17, 15) is 0 Å². The molecule has 0 aliphatic rings. The molecular weight excluding hydrogens is 184 g/mol. The molecule has 0 bridgehead atoms. The number of rotatable bonds is 4. The van der Waals surface area contributed by atoms with Gasteiger partial charge in [0.05, 0.1) is 0 Å². The molecule has 0 amide bonds. The summed E-state index contributed by atoms with van der Waals surface area (Å²) in [7, 11) is 2.08. The van der Waals surface area contributed by atoms with Gasteiger partial charge in [0.15, 0.2) is 0 Å². The Bertz CT molecular complexity index is 318. The van der Waals surface area contributed by atoms with Crippen LogP contribution in [0.4, 0.5) is 5.82 Å². The molecule has 0 aliphatic heterocycles. The van der Waals surface area contributed by atoms with Gasteiger partial charge in [-0.05, 0) is 30.9 Å². The molecule has 0 saturated carbocycles. The molecule has 1 heterocycles. The highest BCUT2D eigenvalue weighted by molar-refractivity contribution is 5.41. The molecule has 0 atom stereocenters. The lowest BCUT2D eigenvalue weighted by Gasteiger charge is -2.19. The van der Waals surface area contributed by atoms with Crippen molar-refractivity contribution >= 4 is 5.82 Å². The molecule has 0 aliphatic carbocycles. The summed E-state index contributed by atoms with van der Waals surface area (Å²) >= 11 is 0. The SMILES string of the molecule is CCc1ccc(N(C)CC)nc1C(C)C. The van der Waals surface area contributed by atoms with Gasteiger partial charge >= 0.3 is 0 Å². The molecule has 2 heteroatoms. The Morgan fingerprint density at radius 3 is 2.40 bits per heavy atom. The summed E-state index contributed by atoms with van der Waals surface area (Å²) in [5.41, 5.74) is 2.62. The largest absolute Gasteiger partial charge is 0.360 e. The number of aromatic nitrogens is 1. The van der Waals surface area contributed by atoms with Gasteiger partial charge in [0.1, 0.15) is 5.82 Å². The lowest BCUT2D eigenvalue weighted by atomic mass is 10.0. The number of hydrogen-bond acceptors (Lipinski definition) is 2. The topological polar surface area (TPSA) is 16.1 Å². The van der Waals surface area contributed by atoms with Crippen LogP contribution in [0.15, 0.2) is 12.1 Å². The Kier molecular flexibility index (Phi) is 4.13. The van der Waals surface area contributed by atoms with Crippen LogP contribution in [0.2, 0.25) is 0 Å². The Labute approximate surface area is 93.3 Å². The Hall–Kier alpha value is -1.05. The van der Waals surface area contributed by atoms with Crippen LogP contribution in [0.3, 0.4) is 0 Å². The predicted molar refractivity (Wildman–Crippen MR) is 66.6 cm³/mol. The summed E-state index contributed by atoms with van der Waals surface area (Å²) in [6.45, 7) is 9.74. The summed E-state index contributed by atoms with van der Waals surface area (Å²) in [4.78, 5) is 6.91. The van der Waals surface area contributed by atoms with Crippen molar-refractivity contribution in [2.75, 3.05) is 18.5 Å². The third-order valence-corrected chi connectivity index (χ3v) is 2.79. The van der Waals surface area contributed by atoms with Gasteiger partial charge in [-0.2, -0.15) is 0 Å². The summed E-state index contributed by atoms with van der Waals surface area (Å²) in [5.74, 6) is 1.59. The van der Waals surface area contributed by atoms with Gasteiger partial charge in [-0.1, -0.05) is 26.8 Å². The molecule has 0 fully saturated rings. The average molecular weight is 206 g/mol. The molecule has 0 saturated heterocycles. The molecule has 2 nitrogen and oxygen atoms in total. The molecule has 0 aromatic carbocycles. The molecule has 0 N–H and O–H groups in total. The van der Waals surface area contributed by atoms with Crippen LogP contribution >= 0.6 is 0 Å². The normalized spacial score (nSPS) is 10.8. The van der Waals surface area contributed by atoms with Gasteiger partial charge in [0.25, 0.3) is 0 Å². The van der Waals surface area contributed by atoms with Crippen LogP contribution < -0.4 is 4.90 Å². The maximum atomic E-state index is 4.74. The second-order valence-electron chi connectivity index (χ2n) is 4.24. The van der Waals surface area contributed by atoms with E-state index >= 15 is 0 Å². The lowest BCUT2D eigenvalue weighted by Crippen LogP contribution is -2.18. The van der Waals surface area contributed by atoms with Crippen LogP contribution in [0.1, 0.15) is 44.9 Å². The van der Waals surface area contributed by atoms with Gasteiger partial charge in [-0.3, -0.25) is 0 Å². The summed E-state index contributed by atoms with van der Waals surface area (Å²) in [6.07, 6.45) is 1.07. The molecule has 1 aromatic rings. The van der Waals surface area contributed by atoms with Crippen molar-refractivity contribution in [3.05, 3.63) is 23.4 Å². The monoisotopic (exact) mass is 206 g/mol. The second-order valence-corrected chi connectivity index (χ2v) is 4.24. The third kappa shape index (κ3) is 2.71. The van der Waals surface area contributed by atoms with Crippen molar-refractivity contribution in [3.8, 4) is 0 Å². The lowest BCUT2D eigenvalue weighted by molar-refractivity contribution is 0.790. The standard InChI is InChI=1S/C13H22N2/c1-6-11-8-9-12(15(5)7-2)14-13(11)10(3)4/h8-10H,6-7H2,1-5H3. The van der Waals surface area contributed by atoms with Crippen molar-refractivity contribution in [2.45, 2.75) is 40.0 Å². The van der Waals surface area contributed by atoms with Gasteiger partial charge in [-0.15, -0.1) is 0 Å². The molecule has 1 rings (SSSR count). The van der Waals surface area contributed by atoms with Gasteiger partial charge < -0.3 is 4.90 Å². The van der Waals surface area contributed by atoms with Crippen molar-refractivity contribution < 1.29 is 0 Å². The summed E-state index contributed by atoms with van der Waals surface area (Å²) < 4.78 is 0. The highest BCUT2D eigenvalue weighted by Crippen LogP contribution is 2.21. The quantitative estimate of drug-likeness (QED) is 0.752. The van der Waals surface area contributed by atoms with Crippen molar-refractivity contribution in [1.29, 1.82) is 0 Å². The first kappa shape index (κ1) is 12.0. The van der Waals surface area contributed by atoms with E-state index in [0.29, 0.717) is 5.92 Å². The number of hydrogen-bond donors (Lipinski definition) is 0. The first-order valence-corrected chi connectivity index (χ1v) is 5.81. The zero-order valence-corrected chi connectivity index (χ0v) is 10.5. The first-order chi connectivity index (χ1) is 7.10. The zero-order chi connectivity index (χ0) is 11.4. The zero-order valence-electron chi connectivity index (χ0n) is 10.5. The number of pyridine rings is 1. The van der Waals surface area contributed by atoms with E-state index in [4.69, 9.17) is 4.98 Å². The molecule has 0 unspecified atom stereocenters. The minimum Gasteiger partial charge on any atom is -0.360 e. The Morgan fingerprint density at radius 1 is 1.27 bits per heavy atom. The Morgan fingerprint density at radius 2 is 1.93 bits per heavy atom. The fourth-order valence-corrected chi connectivity index (χ4v) is 1.67. The van der Waals surface area contributed by atoms with Gasteiger partial charge in [0, 0.05) is 19.3 Å². The summed E-state index contributed by atoms with van der Waals surface area (Å²) in [5, 5.41) is 0. The molecule has 0 radical (unpaired) electrons. The highest BCUT2D eigenvalue weighted by atomic mass is 15.2. The van der Waals surface area contributed by atoms with Crippen LogP contribution in [0.5, 0.6) is 0 Å². The van der Waals surface area contributed by atoms with Crippen molar-refractivity contribution in [2.24, 2.45) is 0 Å². The van der Waals surface area contributed by atoms with E-state index in [2.05, 4.69) is 51.8 Å². The van der Waals surface area contributed by atoms with E-state index < -0.39 is 0 Å². The number of nitrogens with zero attached hydrogens (tertiary/aromatic N) is 2. The Balaban J connectivity index is 3.10. The third-order valence-electron chi connectivity index (χ3n) is 2.79. The molecule has 84 valence electrons. The number of aryl methyl sites for hydroxylation is 1. The molecular formula is C13H22N2. The number of anilines is 1. The van der Waals surface area contributed by atoms with Crippen molar-refractivity contribution in [3.63, 3.8) is 0 Å². The van der Waals surface area contributed by atoms with Crippen LogP contribution in [-0.4, -0.2) is 18.6 Å². The van der Waals surface area contributed by atoms with Crippen LogP contribution in [0.25, 0.3) is 0 Å². The summed E-state index contributed by atoms with van der Waals surface area (Å²) in [6, 6.07) is 4.33. The smallest absolute Gasteiger partial charge is 0.128 e. The fraction of sp³-hybridized carbons (Fsp3) is 0.615. The van der Waals surface area contributed by atoms with E-state index in [-0.39, 0.29) is 0 Å². The fourth-order valence-electron chi connectivity index (χ4n) is 1.67. The van der Waals surface area contributed by atoms with E-state index in [1.54, 1.807) is 0 Å². The van der Waals surface area contributed by atoms with Crippen molar-refractivity contribution in [1.82, 2.24) is 4.98 Å². The van der Waals surface area contributed by atoms with E-state index in [0.717, 1.165) is 18.8 Å². The molecule has 0 spiro atoms. The van der Waals surface area contributed by atoms with Crippen LogP contribution in [-0.2, 0) is 6.42 Å². The molecule has 1 aromatic heterocycles.